The second-order valence-corrected chi connectivity index (χ2v) is 8.72. The molecule has 10 heteroatoms. The Labute approximate surface area is 214 Å². The number of carboxylic acids is 1. The molecular formula is C27H29N3O7. The monoisotopic (exact) mass is 507 g/mol. The van der Waals surface area contributed by atoms with E-state index in [1.54, 1.807) is 52.0 Å². The van der Waals surface area contributed by atoms with Crippen molar-refractivity contribution in [2.75, 3.05) is 16.4 Å². The molecule has 3 aromatic rings. The molecule has 0 heterocycles. The van der Waals surface area contributed by atoms with Crippen LogP contribution in [0.1, 0.15) is 58.8 Å². The van der Waals surface area contributed by atoms with Crippen molar-refractivity contribution in [2.45, 2.75) is 39.9 Å². The predicted molar refractivity (Wildman–Crippen MR) is 140 cm³/mol. The molecule has 2 amide bonds. The van der Waals surface area contributed by atoms with Crippen molar-refractivity contribution in [1.82, 2.24) is 0 Å². The van der Waals surface area contributed by atoms with Crippen LogP contribution in [-0.2, 0) is 0 Å². The highest BCUT2D eigenvalue weighted by Crippen LogP contribution is 2.39. The maximum atomic E-state index is 13.1. The Kier molecular flexibility index (Phi) is 8.23. The summed E-state index contributed by atoms with van der Waals surface area (Å²) in [5, 5.41) is 25.6. The van der Waals surface area contributed by atoms with Crippen LogP contribution in [0.2, 0.25) is 0 Å². The van der Waals surface area contributed by atoms with E-state index < -0.39 is 23.5 Å². The summed E-state index contributed by atoms with van der Waals surface area (Å²) in [4.78, 5) is 37.2. The zero-order chi connectivity index (χ0) is 27.3. The van der Waals surface area contributed by atoms with Gasteiger partial charge >= 0.3 is 5.97 Å². The third-order valence-corrected chi connectivity index (χ3v) is 4.99. The first kappa shape index (κ1) is 26.9. The zero-order valence-corrected chi connectivity index (χ0v) is 20.9. The van der Waals surface area contributed by atoms with Crippen LogP contribution in [0.25, 0.3) is 0 Å². The number of aromatic carboxylic acids is 1. The summed E-state index contributed by atoms with van der Waals surface area (Å²) in [7, 11) is 0. The summed E-state index contributed by atoms with van der Waals surface area (Å²) in [5.74, 6) is -2.69. The minimum Gasteiger partial charge on any atom is -0.504 e. The third-order valence-electron chi connectivity index (χ3n) is 4.99. The van der Waals surface area contributed by atoms with E-state index in [-0.39, 0.29) is 46.2 Å². The first-order valence-corrected chi connectivity index (χ1v) is 11.5. The van der Waals surface area contributed by atoms with E-state index in [1.165, 1.54) is 30.3 Å². The van der Waals surface area contributed by atoms with Gasteiger partial charge in [0.25, 0.3) is 11.8 Å². The highest BCUT2D eigenvalue weighted by molar-refractivity contribution is 6.10. The molecule has 0 aliphatic rings. The van der Waals surface area contributed by atoms with Gasteiger partial charge in [-0.05, 0) is 82.3 Å². The molecule has 0 aliphatic carbocycles. The van der Waals surface area contributed by atoms with E-state index in [4.69, 9.17) is 15.2 Å². The van der Waals surface area contributed by atoms with Gasteiger partial charge in [-0.25, -0.2) is 4.79 Å². The van der Waals surface area contributed by atoms with Crippen molar-refractivity contribution in [1.29, 1.82) is 0 Å². The number of carbonyl (C=O) groups is 3. The SMILES string of the molecule is CC(C)Oc1cc(C(=O)O)ccc1NC(=O)c1ccc(NC(=O)c2ccc(N)cc2)c(OC(C)C)c1O. The lowest BCUT2D eigenvalue weighted by Crippen LogP contribution is -2.18. The highest BCUT2D eigenvalue weighted by Gasteiger charge is 2.23. The number of phenolic OH excluding ortho intramolecular Hbond substituents is 1. The second-order valence-electron chi connectivity index (χ2n) is 8.72. The lowest BCUT2D eigenvalue weighted by atomic mass is 10.1. The Balaban J connectivity index is 1.93. The van der Waals surface area contributed by atoms with Gasteiger partial charge in [0, 0.05) is 11.3 Å². The van der Waals surface area contributed by atoms with Crippen LogP contribution in [0.5, 0.6) is 17.2 Å². The summed E-state index contributed by atoms with van der Waals surface area (Å²) in [5.41, 5.74) is 6.77. The van der Waals surface area contributed by atoms with E-state index in [0.717, 1.165) is 0 Å². The minimum atomic E-state index is -1.14. The van der Waals surface area contributed by atoms with Crippen LogP contribution in [0.15, 0.2) is 54.6 Å². The summed E-state index contributed by atoms with van der Waals surface area (Å²) in [6, 6.07) is 13.1. The second kappa shape index (κ2) is 11.3. The standard InChI is InChI=1S/C27H29N3O7/c1-14(2)36-22-13-17(27(34)35)7-11-20(22)29-26(33)19-10-12-21(24(23(19)31)37-15(3)4)30-25(32)16-5-8-18(28)9-6-16/h5-15,31H,28H2,1-4H3,(H,29,33)(H,30,32)(H,34,35). The summed E-state index contributed by atoms with van der Waals surface area (Å²) in [6.45, 7) is 6.99. The fraction of sp³-hybridized carbons (Fsp3) is 0.222. The smallest absolute Gasteiger partial charge is 0.335 e. The maximum Gasteiger partial charge on any atom is 0.335 e. The number of ether oxygens (including phenoxy) is 2. The molecule has 0 bridgehead atoms. The average molecular weight is 508 g/mol. The van der Waals surface area contributed by atoms with Gasteiger partial charge in [0.2, 0.25) is 0 Å². The average Bonchev–Trinajstić information content (AvgIpc) is 2.82. The number of phenols is 1. The number of nitrogens with one attached hydrogen (secondary N) is 2. The van der Waals surface area contributed by atoms with Crippen molar-refractivity contribution < 1.29 is 34.1 Å². The molecule has 194 valence electrons. The molecule has 0 aromatic heterocycles. The Morgan fingerprint density at radius 3 is 1.95 bits per heavy atom. The first-order valence-electron chi connectivity index (χ1n) is 11.5. The quantitative estimate of drug-likeness (QED) is 0.259. The number of hydrogen-bond donors (Lipinski definition) is 5. The van der Waals surface area contributed by atoms with Crippen LogP contribution in [0, 0.1) is 0 Å². The van der Waals surface area contributed by atoms with Crippen molar-refractivity contribution in [3.8, 4) is 17.2 Å². The van der Waals surface area contributed by atoms with Gasteiger partial charge in [-0.3, -0.25) is 9.59 Å². The number of amides is 2. The van der Waals surface area contributed by atoms with E-state index >= 15 is 0 Å². The van der Waals surface area contributed by atoms with E-state index in [0.29, 0.717) is 11.3 Å². The molecule has 0 unspecified atom stereocenters. The molecule has 0 radical (unpaired) electrons. The largest absolute Gasteiger partial charge is 0.504 e. The normalized spacial score (nSPS) is 10.8. The van der Waals surface area contributed by atoms with Gasteiger partial charge in [0.1, 0.15) is 5.75 Å². The fourth-order valence-electron chi connectivity index (χ4n) is 3.34. The lowest BCUT2D eigenvalue weighted by molar-refractivity contribution is 0.0695. The maximum absolute atomic E-state index is 13.1. The fourth-order valence-corrected chi connectivity index (χ4v) is 3.34. The Morgan fingerprint density at radius 2 is 1.35 bits per heavy atom. The summed E-state index contributed by atoms with van der Waals surface area (Å²) >= 11 is 0. The summed E-state index contributed by atoms with van der Waals surface area (Å²) < 4.78 is 11.4. The van der Waals surface area contributed by atoms with Crippen molar-refractivity contribution in [3.05, 3.63) is 71.3 Å². The number of hydrogen-bond acceptors (Lipinski definition) is 7. The molecule has 0 atom stereocenters. The van der Waals surface area contributed by atoms with Gasteiger partial charge in [0.15, 0.2) is 11.5 Å². The van der Waals surface area contributed by atoms with Gasteiger partial charge < -0.3 is 36.1 Å². The molecular weight excluding hydrogens is 478 g/mol. The molecule has 3 aromatic carbocycles. The van der Waals surface area contributed by atoms with Gasteiger partial charge in [-0.1, -0.05) is 0 Å². The topological polar surface area (TPSA) is 160 Å². The molecule has 3 rings (SSSR count). The number of carbonyl (C=O) groups excluding carboxylic acids is 2. The third kappa shape index (κ3) is 6.69. The van der Waals surface area contributed by atoms with Crippen LogP contribution < -0.4 is 25.8 Å². The van der Waals surface area contributed by atoms with E-state index in [2.05, 4.69) is 10.6 Å². The Hall–Kier alpha value is -4.73. The van der Waals surface area contributed by atoms with Gasteiger partial charge in [-0.15, -0.1) is 0 Å². The number of benzene rings is 3. The van der Waals surface area contributed by atoms with Crippen LogP contribution in [-0.4, -0.2) is 40.2 Å². The molecule has 6 N–H and O–H groups in total. The van der Waals surface area contributed by atoms with Gasteiger partial charge in [0.05, 0.1) is 34.7 Å². The van der Waals surface area contributed by atoms with E-state index in [9.17, 15) is 24.6 Å². The number of aromatic hydroxyl groups is 1. The zero-order valence-electron chi connectivity index (χ0n) is 20.9. The van der Waals surface area contributed by atoms with Crippen LogP contribution in [0.3, 0.4) is 0 Å². The predicted octanol–water partition coefficient (Wildman–Crippen LogP) is 4.75. The van der Waals surface area contributed by atoms with Crippen molar-refractivity contribution in [2.24, 2.45) is 0 Å². The van der Waals surface area contributed by atoms with E-state index in [1.807, 2.05) is 0 Å². The molecule has 10 nitrogen and oxygen atoms in total. The molecule has 0 fully saturated rings. The molecule has 37 heavy (non-hydrogen) atoms. The molecule has 0 aliphatic heterocycles. The number of rotatable bonds is 9. The number of anilines is 3. The highest BCUT2D eigenvalue weighted by atomic mass is 16.5. The number of nitrogens with two attached hydrogens (primary N) is 1. The van der Waals surface area contributed by atoms with Crippen molar-refractivity contribution >= 4 is 34.8 Å². The van der Waals surface area contributed by atoms with Gasteiger partial charge in [-0.2, -0.15) is 0 Å². The number of carboxylic acid groups (broad SMARTS) is 1. The number of nitrogen functional groups attached to an aromatic ring is 1. The molecule has 0 saturated carbocycles. The Morgan fingerprint density at radius 1 is 0.784 bits per heavy atom. The minimum absolute atomic E-state index is 0.00897. The van der Waals surface area contributed by atoms with Crippen molar-refractivity contribution in [3.63, 3.8) is 0 Å². The molecule has 0 spiro atoms. The first-order chi connectivity index (χ1) is 17.5. The molecule has 0 saturated heterocycles. The Bertz CT molecular complexity index is 1320. The van der Waals surface area contributed by atoms with Crippen LogP contribution in [0.4, 0.5) is 17.1 Å². The lowest BCUT2D eigenvalue weighted by Gasteiger charge is -2.19. The summed E-state index contributed by atoms with van der Waals surface area (Å²) in [6.07, 6.45) is -0.672. The van der Waals surface area contributed by atoms with Crippen LogP contribution >= 0.6 is 0 Å².